The molecule has 1 aromatic rings. The second kappa shape index (κ2) is 14.4. The summed E-state index contributed by atoms with van der Waals surface area (Å²) in [6.07, 6.45) is 0.408. The number of carbonyl (C=O) groups excluding carboxylic acids is 6. The second-order valence-electron chi connectivity index (χ2n) is 12.5. The summed E-state index contributed by atoms with van der Waals surface area (Å²) in [5.74, 6) is -8.03. The molecule has 1 saturated heterocycles. The van der Waals surface area contributed by atoms with Crippen LogP contribution in [0, 0.1) is 5.41 Å². The fraction of sp³-hybridized carbons (Fsp3) is 0.586. The van der Waals surface area contributed by atoms with Crippen LogP contribution in [0.25, 0.3) is 0 Å². The largest absolute Gasteiger partial charge is 0.467 e. The highest BCUT2D eigenvalue weighted by Crippen LogP contribution is 2.34. The number of furan rings is 1. The average molecular weight is 626 g/mol. The Morgan fingerprint density at radius 3 is 2.32 bits per heavy atom. The first-order valence-corrected chi connectivity index (χ1v) is 13.9. The number of amides is 5. The number of likely N-dealkylation sites (tertiary alicyclic amines) is 1. The molecule has 5 amide bonds. The van der Waals surface area contributed by atoms with E-state index in [4.69, 9.17) is 9.15 Å². The van der Waals surface area contributed by atoms with Crippen LogP contribution in [0.3, 0.4) is 0 Å². The Labute approximate surface area is 254 Å². The second-order valence-corrected chi connectivity index (χ2v) is 12.5. The topological polar surface area (TPSA) is 176 Å². The fourth-order valence-corrected chi connectivity index (χ4v) is 4.26. The average Bonchev–Trinajstić information content (AvgIpc) is 3.53. The van der Waals surface area contributed by atoms with Gasteiger partial charge in [0.15, 0.2) is 0 Å². The zero-order valence-corrected chi connectivity index (χ0v) is 25.8. The van der Waals surface area contributed by atoms with Crippen molar-refractivity contribution in [3.8, 4) is 0 Å². The minimum absolute atomic E-state index is 0.0510. The number of nitrogens with one attached hydrogen (secondary N) is 4. The number of alkyl halides is 2. The van der Waals surface area contributed by atoms with Crippen LogP contribution in [0.5, 0.6) is 0 Å². The molecule has 15 heteroatoms. The lowest BCUT2D eigenvalue weighted by Gasteiger charge is -2.35. The van der Waals surface area contributed by atoms with Gasteiger partial charge >= 0.3 is 6.09 Å². The SMILES string of the molecule is C=CCC(NC(=O)[C@@H]1CC(F)(F)CN1C(=O)[C@@H](NC(=O)OC(C)(C)C)C(C)(C)C)C(=O)C(=O)NCC(=O)NCc1ccco1. The Morgan fingerprint density at radius 2 is 1.77 bits per heavy atom. The van der Waals surface area contributed by atoms with Crippen molar-refractivity contribution in [2.75, 3.05) is 13.1 Å². The Morgan fingerprint density at radius 1 is 1.11 bits per heavy atom. The van der Waals surface area contributed by atoms with Crippen molar-refractivity contribution in [3.05, 3.63) is 36.8 Å². The fourth-order valence-electron chi connectivity index (χ4n) is 4.26. The van der Waals surface area contributed by atoms with E-state index in [1.807, 2.05) is 0 Å². The number of ketones is 1. The highest BCUT2D eigenvalue weighted by Gasteiger charge is 2.53. The molecule has 2 rings (SSSR count). The van der Waals surface area contributed by atoms with Gasteiger partial charge in [-0.3, -0.25) is 24.0 Å². The number of alkyl carbamates (subject to hydrolysis) is 1. The zero-order valence-electron chi connectivity index (χ0n) is 25.8. The molecule has 4 N–H and O–H groups in total. The first kappa shape index (κ1) is 35.9. The molecule has 0 spiro atoms. The molecular formula is C29H41F2N5O8. The molecule has 1 unspecified atom stereocenters. The summed E-state index contributed by atoms with van der Waals surface area (Å²) < 4.78 is 39.6. The van der Waals surface area contributed by atoms with Gasteiger partial charge in [-0.25, -0.2) is 13.6 Å². The number of hydrogen-bond donors (Lipinski definition) is 4. The molecule has 1 fully saturated rings. The molecule has 13 nitrogen and oxygen atoms in total. The van der Waals surface area contributed by atoms with Crippen LogP contribution in [0.2, 0.25) is 0 Å². The third-order valence-corrected chi connectivity index (χ3v) is 6.34. The molecule has 0 bridgehead atoms. The van der Waals surface area contributed by atoms with E-state index in [0.29, 0.717) is 10.7 Å². The van der Waals surface area contributed by atoms with Crippen molar-refractivity contribution < 1.29 is 46.7 Å². The van der Waals surface area contributed by atoms with Crippen LogP contribution >= 0.6 is 0 Å². The molecule has 0 aromatic carbocycles. The quantitative estimate of drug-likeness (QED) is 0.201. The predicted molar refractivity (Wildman–Crippen MR) is 153 cm³/mol. The molecule has 2 heterocycles. The number of hydrogen-bond acceptors (Lipinski definition) is 8. The van der Waals surface area contributed by atoms with Crippen LogP contribution in [-0.4, -0.2) is 83.1 Å². The van der Waals surface area contributed by atoms with Crippen molar-refractivity contribution in [1.82, 2.24) is 26.2 Å². The highest BCUT2D eigenvalue weighted by molar-refractivity contribution is 6.38. The van der Waals surface area contributed by atoms with Crippen LogP contribution < -0.4 is 21.3 Å². The first-order valence-electron chi connectivity index (χ1n) is 13.9. The van der Waals surface area contributed by atoms with Gasteiger partial charge in [0.1, 0.15) is 29.5 Å². The van der Waals surface area contributed by atoms with Crippen LogP contribution in [-0.2, 0) is 35.3 Å². The summed E-state index contributed by atoms with van der Waals surface area (Å²) >= 11 is 0. The number of nitrogens with zero attached hydrogens (tertiary/aromatic N) is 1. The van der Waals surface area contributed by atoms with Crippen molar-refractivity contribution >= 4 is 35.5 Å². The van der Waals surface area contributed by atoms with Gasteiger partial charge in [0.25, 0.3) is 11.8 Å². The molecule has 44 heavy (non-hydrogen) atoms. The Kier molecular flexibility index (Phi) is 11.8. The molecular weight excluding hydrogens is 584 g/mol. The van der Waals surface area contributed by atoms with E-state index in [0.717, 1.165) is 0 Å². The number of carbonyl (C=O) groups is 6. The third kappa shape index (κ3) is 10.8. The van der Waals surface area contributed by atoms with E-state index in [1.165, 1.54) is 12.3 Å². The normalized spacial score (nSPS) is 17.5. The Bertz CT molecular complexity index is 1240. The predicted octanol–water partition coefficient (Wildman–Crippen LogP) is 1.82. The third-order valence-electron chi connectivity index (χ3n) is 6.34. The molecule has 1 aromatic heterocycles. The number of Topliss-reactive ketones (excluding diaryl/α,β-unsaturated/α-hetero) is 1. The molecule has 0 saturated carbocycles. The number of ether oxygens (including phenoxy) is 1. The molecule has 3 atom stereocenters. The summed E-state index contributed by atoms with van der Waals surface area (Å²) in [6.45, 7) is 11.5. The maximum absolute atomic E-state index is 14.6. The Balaban J connectivity index is 2.14. The molecule has 244 valence electrons. The minimum atomic E-state index is -3.45. The number of halogens is 2. The summed E-state index contributed by atoms with van der Waals surface area (Å²) in [7, 11) is 0. The van der Waals surface area contributed by atoms with E-state index in [1.54, 1.807) is 53.7 Å². The standard InChI is InChI=1S/C29H41F2N5O8/c1-8-10-18(21(38)24(40)33-15-20(37)32-14-17-11-9-12-43-17)34-23(39)19-13-29(30,31)16-36(19)25(41)22(27(2,3)4)35-26(42)44-28(5,6)7/h8-9,11-12,18-19,22H,1,10,13-16H2,2-7H3,(H,32,37)(H,33,40)(H,34,39)(H,35,42)/t18?,19-,22+/m0/s1. The maximum atomic E-state index is 14.6. The smallest absolute Gasteiger partial charge is 0.408 e. The van der Waals surface area contributed by atoms with Gasteiger partial charge < -0.3 is 35.3 Å². The van der Waals surface area contributed by atoms with Gasteiger partial charge in [0.2, 0.25) is 23.5 Å². The van der Waals surface area contributed by atoms with E-state index in [9.17, 15) is 37.5 Å². The first-order chi connectivity index (χ1) is 20.2. The molecule has 1 aliphatic heterocycles. The van der Waals surface area contributed by atoms with Crippen molar-refractivity contribution in [2.45, 2.75) is 90.6 Å². The monoisotopic (exact) mass is 625 g/mol. The molecule has 1 aliphatic rings. The summed E-state index contributed by atoms with van der Waals surface area (Å²) in [4.78, 5) is 77.3. The van der Waals surface area contributed by atoms with Gasteiger partial charge in [-0.1, -0.05) is 26.8 Å². The summed E-state index contributed by atoms with van der Waals surface area (Å²) in [6, 6.07) is -1.34. The van der Waals surface area contributed by atoms with Crippen LogP contribution in [0.15, 0.2) is 35.5 Å². The van der Waals surface area contributed by atoms with Crippen molar-refractivity contribution in [1.29, 1.82) is 0 Å². The van der Waals surface area contributed by atoms with Crippen LogP contribution in [0.1, 0.15) is 60.1 Å². The highest BCUT2D eigenvalue weighted by atomic mass is 19.3. The van der Waals surface area contributed by atoms with E-state index in [-0.39, 0.29) is 13.0 Å². The lowest BCUT2D eigenvalue weighted by Crippen LogP contribution is -2.59. The van der Waals surface area contributed by atoms with Gasteiger partial charge in [-0.2, -0.15) is 0 Å². The lowest BCUT2D eigenvalue weighted by atomic mass is 9.85. The lowest BCUT2D eigenvalue weighted by molar-refractivity contribution is -0.144. The van der Waals surface area contributed by atoms with Crippen LogP contribution in [0.4, 0.5) is 13.6 Å². The molecule has 0 aliphatic carbocycles. The van der Waals surface area contributed by atoms with Gasteiger partial charge in [-0.15, -0.1) is 6.58 Å². The van der Waals surface area contributed by atoms with E-state index >= 15 is 0 Å². The summed E-state index contributed by atoms with van der Waals surface area (Å²) in [5, 5.41) is 9.32. The summed E-state index contributed by atoms with van der Waals surface area (Å²) in [5.41, 5.74) is -1.88. The van der Waals surface area contributed by atoms with E-state index < -0.39 is 90.1 Å². The zero-order chi connectivity index (χ0) is 33.5. The van der Waals surface area contributed by atoms with Gasteiger partial charge in [-0.05, 0) is 44.7 Å². The maximum Gasteiger partial charge on any atom is 0.408 e. The minimum Gasteiger partial charge on any atom is -0.467 e. The number of rotatable bonds is 12. The molecule has 0 radical (unpaired) electrons. The van der Waals surface area contributed by atoms with Gasteiger partial charge in [0.05, 0.1) is 25.9 Å². The van der Waals surface area contributed by atoms with Gasteiger partial charge in [0, 0.05) is 6.42 Å². The Hall–Kier alpha value is -4.30. The van der Waals surface area contributed by atoms with Crippen molar-refractivity contribution in [3.63, 3.8) is 0 Å². The van der Waals surface area contributed by atoms with Crippen molar-refractivity contribution in [2.24, 2.45) is 5.41 Å². The van der Waals surface area contributed by atoms with E-state index in [2.05, 4.69) is 27.8 Å².